The summed E-state index contributed by atoms with van der Waals surface area (Å²) in [5.74, 6) is -0.152. The lowest BCUT2D eigenvalue weighted by Crippen LogP contribution is -2.46. The Morgan fingerprint density at radius 1 is 1.36 bits per heavy atom. The lowest BCUT2D eigenvalue weighted by Gasteiger charge is -2.32. The average Bonchev–Trinajstić information content (AvgIpc) is 2.50. The van der Waals surface area contributed by atoms with Crippen molar-refractivity contribution in [1.29, 1.82) is 0 Å². The molecule has 1 amide bonds. The van der Waals surface area contributed by atoms with E-state index >= 15 is 0 Å². The topological polar surface area (TPSA) is 105 Å². The molecule has 0 bridgehead atoms. The highest BCUT2D eigenvalue weighted by Crippen LogP contribution is 2.23. The first-order valence-electron chi connectivity index (χ1n) is 8.04. The molecule has 2 rings (SSSR count). The second-order valence-corrected chi connectivity index (χ2v) is 7.93. The van der Waals surface area contributed by atoms with Crippen molar-refractivity contribution in [1.82, 2.24) is 10.2 Å². The Hall–Kier alpha value is -1.19. The number of aryl methyl sites for hydroxylation is 1. The molecular weight excluding hydrogens is 364 g/mol. The Bertz CT molecular complexity index is 724. The van der Waals surface area contributed by atoms with E-state index in [9.17, 15) is 13.2 Å². The minimum Gasteiger partial charge on any atom is -0.325 e. The summed E-state index contributed by atoms with van der Waals surface area (Å²) >= 11 is 0. The molecule has 0 aromatic heterocycles. The van der Waals surface area contributed by atoms with Crippen LogP contribution in [0.5, 0.6) is 0 Å². The number of benzene rings is 1. The van der Waals surface area contributed by atoms with Crippen molar-refractivity contribution in [2.24, 2.45) is 5.14 Å². The van der Waals surface area contributed by atoms with Gasteiger partial charge in [0.15, 0.2) is 0 Å². The van der Waals surface area contributed by atoms with E-state index in [1.54, 1.807) is 6.92 Å². The standard InChI is InChI=1S/C16H26N4O3S.ClH/c1-11-7-14(24(17,22)23)8-15(12(11)2)19-16(21)10-20-6-4-5-13(9-20)18-3;/h7-8,13,18H,4-6,9-10H2,1-3H3,(H,19,21)(H2,17,22,23);1H. The number of likely N-dealkylation sites (N-methyl/N-ethyl adjacent to an activating group) is 1. The number of hydrogen-bond donors (Lipinski definition) is 3. The molecule has 1 atom stereocenters. The number of carbonyl (C=O) groups excluding carboxylic acids is 1. The van der Waals surface area contributed by atoms with Crippen LogP contribution >= 0.6 is 12.4 Å². The van der Waals surface area contributed by atoms with Crippen molar-refractivity contribution in [2.45, 2.75) is 37.6 Å². The highest BCUT2D eigenvalue weighted by molar-refractivity contribution is 7.89. The second kappa shape index (κ2) is 8.95. The fraction of sp³-hybridized carbons (Fsp3) is 0.562. The highest BCUT2D eigenvalue weighted by atomic mass is 35.5. The van der Waals surface area contributed by atoms with Gasteiger partial charge in [0.2, 0.25) is 15.9 Å². The van der Waals surface area contributed by atoms with Gasteiger partial charge in [-0.1, -0.05) is 0 Å². The molecule has 25 heavy (non-hydrogen) atoms. The molecule has 0 radical (unpaired) electrons. The third-order valence-electron chi connectivity index (χ3n) is 4.52. The molecule has 1 aliphatic heterocycles. The van der Waals surface area contributed by atoms with Gasteiger partial charge in [0.25, 0.3) is 0 Å². The first-order valence-corrected chi connectivity index (χ1v) is 9.59. The van der Waals surface area contributed by atoms with Gasteiger partial charge < -0.3 is 10.6 Å². The largest absolute Gasteiger partial charge is 0.325 e. The minimum absolute atomic E-state index is 0. The number of nitrogens with zero attached hydrogens (tertiary/aromatic N) is 1. The lowest BCUT2D eigenvalue weighted by atomic mass is 10.1. The molecule has 142 valence electrons. The molecule has 1 aromatic rings. The van der Waals surface area contributed by atoms with Crippen LogP contribution in [-0.4, -0.2) is 51.9 Å². The number of likely N-dealkylation sites (tertiary alicyclic amines) is 1. The van der Waals surface area contributed by atoms with Crippen molar-refractivity contribution >= 4 is 34.0 Å². The van der Waals surface area contributed by atoms with Crippen LogP contribution in [0.4, 0.5) is 5.69 Å². The molecule has 1 heterocycles. The zero-order chi connectivity index (χ0) is 17.9. The number of halogens is 1. The van der Waals surface area contributed by atoms with Crippen molar-refractivity contribution < 1.29 is 13.2 Å². The molecule has 7 nitrogen and oxygen atoms in total. The number of amides is 1. The van der Waals surface area contributed by atoms with Gasteiger partial charge in [0, 0.05) is 18.3 Å². The number of nitrogens with one attached hydrogen (secondary N) is 2. The van der Waals surface area contributed by atoms with E-state index in [1.165, 1.54) is 12.1 Å². The quantitative estimate of drug-likeness (QED) is 0.695. The number of sulfonamides is 1. The van der Waals surface area contributed by atoms with E-state index in [2.05, 4.69) is 15.5 Å². The Balaban J connectivity index is 0.00000312. The second-order valence-electron chi connectivity index (χ2n) is 6.37. The summed E-state index contributed by atoms with van der Waals surface area (Å²) < 4.78 is 23.1. The summed E-state index contributed by atoms with van der Waals surface area (Å²) in [4.78, 5) is 14.5. The molecule has 1 aliphatic rings. The van der Waals surface area contributed by atoms with Gasteiger partial charge >= 0.3 is 0 Å². The third kappa shape index (κ3) is 5.93. The molecule has 1 unspecified atom stereocenters. The number of rotatable bonds is 5. The third-order valence-corrected chi connectivity index (χ3v) is 5.42. The number of primary sulfonamides is 1. The van der Waals surface area contributed by atoms with Gasteiger partial charge in [0.05, 0.1) is 11.4 Å². The molecule has 0 saturated carbocycles. The zero-order valence-electron chi connectivity index (χ0n) is 14.8. The van der Waals surface area contributed by atoms with Crippen LogP contribution in [0.15, 0.2) is 17.0 Å². The molecule has 1 aromatic carbocycles. The normalized spacial score (nSPS) is 18.5. The predicted octanol–water partition coefficient (Wildman–Crippen LogP) is 0.995. The first kappa shape index (κ1) is 21.9. The SMILES string of the molecule is CNC1CCCN(CC(=O)Nc2cc(S(N)(=O)=O)cc(C)c2C)C1.Cl. The fourth-order valence-corrected chi connectivity index (χ4v) is 3.57. The highest BCUT2D eigenvalue weighted by Gasteiger charge is 2.21. The van der Waals surface area contributed by atoms with E-state index in [-0.39, 0.29) is 29.8 Å². The maximum absolute atomic E-state index is 12.3. The van der Waals surface area contributed by atoms with Crippen molar-refractivity contribution in [3.05, 3.63) is 23.3 Å². The summed E-state index contributed by atoms with van der Waals surface area (Å²) in [6, 6.07) is 3.34. The molecule has 0 spiro atoms. The molecular formula is C16H27ClN4O3S. The van der Waals surface area contributed by atoms with E-state index in [4.69, 9.17) is 5.14 Å². The lowest BCUT2D eigenvalue weighted by molar-refractivity contribution is -0.117. The number of hydrogen-bond acceptors (Lipinski definition) is 5. The summed E-state index contributed by atoms with van der Waals surface area (Å²) in [6.07, 6.45) is 2.17. The molecule has 0 aliphatic carbocycles. The number of nitrogens with two attached hydrogens (primary N) is 1. The first-order chi connectivity index (χ1) is 11.2. The van der Waals surface area contributed by atoms with E-state index in [0.29, 0.717) is 11.7 Å². The van der Waals surface area contributed by atoms with Crippen LogP contribution < -0.4 is 15.8 Å². The van der Waals surface area contributed by atoms with Gasteiger partial charge in [-0.3, -0.25) is 9.69 Å². The summed E-state index contributed by atoms with van der Waals surface area (Å²) in [5, 5.41) is 11.3. The Labute approximate surface area is 155 Å². The van der Waals surface area contributed by atoms with Crippen LogP contribution in [0, 0.1) is 13.8 Å². The smallest absolute Gasteiger partial charge is 0.238 e. The van der Waals surface area contributed by atoms with Crippen molar-refractivity contribution in [2.75, 3.05) is 32.0 Å². The Morgan fingerprint density at radius 3 is 2.64 bits per heavy atom. The van der Waals surface area contributed by atoms with E-state index < -0.39 is 10.0 Å². The summed E-state index contributed by atoms with van der Waals surface area (Å²) in [7, 11) is -1.88. The number of carbonyl (C=O) groups is 1. The number of anilines is 1. The molecule has 1 fully saturated rings. The van der Waals surface area contributed by atoms with Gasteiger partial charge in [-0.15, -0.1) is 12.4 Å². The van der Waals surface area contributed by atoms with Gasteiger partial charge in [-0.25, -0.2) is 13.6 Å². The van der Waals surface area contributed by atoms with Crippen LogP contribution in [0.3, 0.4) is 0 Å². The van der Waals surface area contributed by atoms with Crippen molar-refractivity contribution in [3.8, 4) is 0 Å². The maximum Gasteiger partial charge on any atom is 0.238 e. The van der Waals surface area contributed by atoms with Crippen LogP contribution in [0.2, 0.25) is 0 Å². The van der Waals surface area contributed by atoms with Crippen LogP contribution in [-0.2, 0) is 14.8 Å². The van der Waals surface area contributed by atoms with Gasteiger partial charge in [0.1, 0.15) is 0 Å². The number of piperidine rings is 1. The Morgan fingerprint density at radius 2 is 2.04 bits per heavy atom. The van der Waals surface area contributed by atoms with E-state index in [1.807, 2.05) is 14.0 Å². The van der Waals surface area contributed by atoms with Crippen LogP contribution in [0.25, 0.3) is 0 Å². The fourth-order valence-electron chi connectivity index (χ4n) is 2.95. The molecule has 9 heteroatoms. The molecule has 1 saturated heterocycles. The average molecular weight is 391 g/mol. The minimum atomic E-state index is -3.81. The van der Waals surface area contributed by atoms with Gasteiger partial charge in [-0.2, -0.15) is 0 Å². The Kier molecular flexibility index (Phi) is 7.83. The molecule has 4 N–H and O–H groups in total. The van der Waals surface area contributed by atoms with Gasteiger partial charge in [-0.05, 0) is 63.5 Å². The predicted molar refractivity (Wildman–Crippen MR) is 102 cm³/mol. The summed E-state index contributed by atoms with van der Waals surface area (Å²) in [5.41, 5.74) is 2.10. The zero-order valence-corrected chi connectivity index (χ0v) is 16.5. The monoisotopic (exact) mass is 390 g/mol. The van der Waals surface area contributed by atoms with Crippen molar-refractivity contribution in [3.63, 3.8) is 0 Å². The van der Waals surface area contributed by atoms with Crippen LogP contribution in [0.1, 0.15) is 24.0 Å². The summed E-state index contributed by atoms with van der Waals surface area (Å²) in [6.45, 7) is 5.65. The van der Waals surface area contributed by atoms with E-state index in [0.717, 1.165) is 37.1 Å². The maximum atomic E-state index is 12.3.